The Labute approximate surface area is 159 Å². The molecule has 0 saturated heterocycles. The summed E-state index contributed by atoms with van der Waals surface area (Å²) in [6.07, 6.45) is 5.12. The van der Waals surface area contributed by atoms with E-state index in [1.165, 1.54) is 12.8 Å². The molecule has 1 aromatic carbocycles. The highest BCUT2D eigenvalue weighted by Gasteiger charge is 2.58. The lowest BCUT2D eigenvalue weighted by Crippen LogP contribution is -2.38. The first-order chi connectivity index (χ1) is 12.7. The van der Waals surface area contributed by atoms with Crippen molar-refractivity contribution in [1.82, 2.24) is 10.3 Å². The highest BCUT2D eigenvalue weighted by atomic mass is 35.5. The van der Waals surface area contributed by atoms with Crippen LogP contribution in [0.15, 0.2) is 48.7 Å². The number of hydrogen-bond acceptors (Lipinski definition) is 3. The minimum atomic E-state index is 0.00153. The first-order valence-corrected chi connectivity index (χ1v) is 9.77. The Hall–Kier alpha value is -2.07. The van der Waals surface area contributed by atoms with Crippen LogP contribution < -0.4 is 10.6 Å². The van der Waals surface area contributed by atoms with E-state index in [4.69, 9.17) is 11.6 Å². The average molecular weight is 370 g/mol. The van der Waals surface area contributed by atoms with E-state index in [0.717, 1.165) is 12.2 Å². The summed E-state index contributed by atoms with van der Waals surface area (Å²) in [6.45, 7) is 2.16. The van der Waals surface area contributed by atoms with Crippen LogP contribution >= 0.6 is 11.6 Å². The molecule has 4 nitrogen and oxygen atoms in total. The SMILES string of the molecule is CCC(NC(=O)c1ccc(Cl)cc1)C1[C@H]2CC(Nc3ccccn3)C[C@@H]12. The number of aromatic nitrogens is 1. The van der Waals surface area contributed by atoms with Crippen LogP contribution in [0.2, 0.25) is 5.02 Å². The van der Waals surface area contributed by atoms with Gasteiger partial charge in [-0.25, -0.2) is 4.98 Å². The van der Waals surface area contributed by atoms with Gasteiger partial charge in [0.15, 0.2) is 0 Å². The standard InChI is InChI=1S/C21H24ClN3O/c1-2-18(25-21(26)13-6-8-14(22)9-7-13)20-16-11-15(12-17(16)20)24-19-5-3-4-10-23-19/h3-10,15-18,20H,2,11-12H2,1H3,(H,23,24)(H,25,26)/t15?,16-,17+,18?,20?. The predicted molar refractivity (Wildman–Crippen MR) is 104 cm³/mol. The Kier molecular flexibility index (Phi) is 4.86. The van der Waals surface area contributed by atoms with Crippen LogP contribution in [-0.4, -0.2) is 23.0 Å². The normalized spacial score (nSPS) is 27.5. The number of hydrogen-bond donors (Lipinski definition) is 2. The molecule has 5 heteroatoms. The smallest absolute Gasteiger partial charge is 0.251 e. The van der Waals surface area contributed by atoms with Crippen LogP contribution in [0, 0.1) is 17.8 Å². The molecule has 26 heavy (non-hydrogen) atoms. The van der Waals surface area contributed by atoms with Crippen molar-refractivity contribution in [2.24, 2.45) is 17.8 Å². The number of carbonyl (C=O) groups is 1. The zero-order chi connectivity index (χ0) is 18.1. The maximum Gasteiger partial charge on any atom is 0.251 e. The van der Waals surface area contributed by atoms with E-state index in [-0.39, 0.29) is 11.9 Å². The number of anilines is 1. The molecule has 3 unspecified atom stereocenters. The summed E-state index contributed by atoms with van der Waals surface area (Å²) in [7, 11) is 0. The first-order valence-electron chi connectivity index (χ1n) is 9.39. The van der Waals surface area contributed by atoms with E-state index in [1.54, 1.807) is 24.3 Å². The van der Waals surface area contributed by atoms with E-state index in [1.807, 2.05) is 24.4 Å². The largest absolute Gasteiger partial charge is 0.367 e. The molecule has 5 atom stereocenters. The van der Waals surface area contributed by atoms with Crippen LogP contribution in [0.1, 0.15) is 36.5 Å². The van der Waals surface area contributed by atoms with Gasteiger partial charge in [-0.2, -0.15) is 0 Å². The van der Waals surface area contributed by atoms with Crippen LogP contribution in [0.25, 0.3) is 0 Å². The third-order valence-electron chi connectivity index (χ3n) is 5.86. The maximum atomic E-state index is 12.5. The summed E-state index contributed by atoms with van der Waals surface area (Å²) < 4.78 is 0. The molecular weight excluding hydrogens is 346 g/mol. The van der Waals surface area contributed by atoms with Gasteiger partial charge < -0.3 is 10.6 Å². The molecule has 4 rings (SSSR count). The van der Waals surface area contributed by atoms with Crippen LogP contribution in [0.5, 0.6) is 0 Å². The topological polar surface area (TPSA) is 54.0 Å². The van der Waals surface area contributed by atoms with Crippen LogP contribution in [-0.2, 0) is 0 Å². The lowest BCUT2D eigenvalue weighted by atomic mass is 9.99. The first kappa shape index (κ1) is 17.3. The predicted octanol–water partition coefficient (Wildman–Crippen LogP) is 4.38. The molecule has 0 aliphatic heterocycles. The van der Waals surface area contributed by atoms with Gasteiger partial charge in [0.2, 0.25) is 0 Å². The maximum absolute atomic E-state index is 12.5. The second kappa shape index (κ2) is 7.28. The number of halogens is 1. The van der Waals surface area contributed by atoms with Gasteiger partial charge in [0.05, 0.1) is 0 Å². The molecule has 0 bridgehead atoms. The number of nitrogens with one attached hydrogen (secondary N) is 2. The molecule has 1 amide bonds. The van der Waals surface area contributed by atoms with E-state index in [9.17, 15) is 4.79 Å². The molecule has 2 N–H and O–H groups in total. The minimum Gasteiger partial charge on any atom is -0.367 e. The van der Waals surface area contributed by atoms with Gasteiger partial charge in [0.25, 0.3) is 5.91 Å². The Balaban J connectivity index is 1.31. The Morgan fingerprint density at radius 2 is 1.92 bits per heavy atom. The van der Waals surface area contributed by atoms with Crippen LogP contribution in [0.3, 0.4) is 0 Å². The number of carbonyl (C=O) groups excluding carboxylic acids is 1. The second-order valence-electron chi connectivity index (χ2n) is 7.43. The summed E-state index contributed by atoms with van der Waals surface area (Å²) in [5.41, 5.74) is 0.674. The number of fused-ring (bicyclic) bond motifs is 1. The fraction of sp³-hybridized carbons (Fsp3) is 0.429. The summed E-state index contributed by atoms with van der Waals surface area (Å²) >= 11 is 5.90. The van der Waals surface area contributed by atoms with E-state index >= 15 is 0 Å². The number of nitrogens with zero attached hydrogens (tertiary/aromatic N) is 1. The third kappa shape index (κ3) is 3.56. The Morgan fingerprint density at radius 1 is 1.19 bits per heavy atom. The van der Waals surface area contributed by atoms with Gasteiger partial charge in [-0.15, -0.1) is 0 Å². The summed E-state index contributed by atoms with van der Waals surface area (Å²) in [5, 5.41) is 7.43. The van der Waals surface area contributed by atoms with Gasteiger partial charge in [0.1, 0.15) is 5.82 Å². The van der Waals surface area contributed by atoms with E-state index < -0.39 is 0 Å². The highest BCUT2D eigenvalue weighted by molar-refractivity contribution is 6.30. The summed E-state index contributed by atoms with van der Waals surface area (Å²) in [4.78, 5) is 16.9. The molecule has 2 aliphatic carbocycles. The Morgan fingerprint density at radius 3 is 2.54 bits per heavy atom. The molecule has 1 aromatic heterocycles. The highest BCUT2D eigenvalue weighted by Crippen LogP contribution is 2.59. The fourth-order valence-corrected chi connectivity index (χ4v) is 4.71. The number of pyridine rings is 1. The van der Waals surface area contributed by atoms with Gasteiger partial charge in [-0.3, -0.25) is 4.79 Å². The lowest BCUT2D eigenvalue weighted by molar-refractivity contribution is 0.0927. The molecule has 136 valence electrons. The molecule has 2 saturated carbocycles. The van der Waals surface area contributed by atoms with Gasteiger partial charge in [0, 0.05) is 28.9 Å². The molecule has 2 fully saturated rings. The van der Waals surface area contributed by atoms with Crippen LogP contribution in [0.4, 0.5) is 5.82 Å². The molecule has 0 spiro atoms. The van der Waals surface area contributed by atoms with Crippen molar-refractivity contribution >= 4 is 23.3 Å². The quantitative estimate of drug-likeness (QED) is 0.794. The lowest BCUT2D eigenvalue weighted by Gasteiger charge is -2.22. The zero-order valence-corrected chi connectivity index (χ0v) is 15.6. The van der Waals surface area contributed by atoms with Crippen molar-refractivity contribution in [2.75, 3.05) is 5.32 Å². The Bertz CT molecular complexity index is 753. The van der Waals surface area contributed by atoms with Crippen molar-refractivity contribution in [3.8, 4) is 0 Å². The fourth-order valence-electron chi connectivity index (χ4n) is 4.59. The molecule has 1 heterocycles. The van der Waals surface area contributed by atoms with Crippen molar-refractivity contribution in [3.05, 3.63) is 59.2 Å². The summed E-state index contributed by atoms with van der Waals surface area (Å²) in [5.74, 6) is 3.00. The third-order valence-corrected chi connectivity index (χ3v) is 6.11. The zero-order valence-electron chi connectivity index (χ0n) is 14.9. The number of rotatable bonds is 6. The minimum absolute atomic E-state index is 0.00153. The van der Waals surface area contributed by atoms with E-state index in [2.05, 4.69) is 22.5 Å². The average Bonchev–Trinajstić information content (AvgIpc) is 3.15. The van der Waals surface area contributed by atoms with Crippen molar-refractivity contribution < 1.29 is 4.79 Å². The second-order valence-corrected chi connectivity index (χ2v) is 7.86. The van der Waals surface area contributed by atoms with Crippen molar-refractivity contribution in [1.29, 1.82) is 0 Å². The van der Waals surface area contributed by atoms with Gasteiger partial charge >= 0.3 is 0 Å². The van der Waals surface area contributed by atoms with Crippen molar-refractivity contribution in [2.45, 2.75) is 38.3 Å². The van der Waals surface area contributed by atoms with Crippen molar-refractivity contribution in [3.63, 3.8) is 0 Å². The number of amides is 1. The summed E-state index contributed by atoms with van der Waals surface area (Å²) in [6, 6.07) is 13.8. The van der Waals surface area contributed by atoms with Gasteiger partial charge in [-0.1, -0.05) is 24.6 Å². The molecule has 2 aromatic rings. The molecular formula is C21H24ClN3O. The monoisotopic (exact) mass is 369 g/mol. The van der Waals surface area contributed by atoms with E-state index in [0.29, 0.717) is 34.4 Å². The number of benzene rings is 1. The molecule has 2 aliphatic rings. The molecule has 0 radical (unpaired) electrons. The van der Waals surface area contributed by atoms with Gasteiger partial charge in [-0.05, 0) is 73.4 Å².